The van der Waals surface area contributed by atoms with Gasteiger partial charge in [0.2, 0.25) is 0 Å². The van der Waals surface area contributed by atoms with Crippen LogP contribution in [0.25, 0.3) is 0 Å². The number of aliphatic hydroxyl groups is 5. The number of Topliss-reactive ketones (excluding diaryl/α,β-unsaturated/α-hetero) is 1. The summed E-state index contributed by atoms with van der Waals surface area (Å²) in [6, 6.07) is -0.284. The molecule has 2 saturated heterocycles. The number of cyclic esters (lactones) is 1. The highest BCUT2D eigenvalue weighted by molar-refractivity contribution is 5.83. The SMILES string of the molecule is CC(O)C1OC(=O)[C@H](C)[C@@H](OC2CC(N(C)C)C(O)C(C)O2)[C@H](C)[C@@H](O)[C@](C)(O)C[C@@H](C)C(=O)[C@H](C)[C@@H](O)[C@H]1C. The zero-order valence-electron chi connectivity index (χ0n) is 25.7. The number of aliphatic hydroxyl groups excluding tert-OH is 4. The van der Waals surface area contributed by atoms with E-state index in [0.29, 0.717) is 6.42 Å². The Balaban J connectivity index is 2.52. The standard InChI is InChI=1S/C29H53NO10/c1-13-12-29(8,37)27(35)16(4)25(39-21-11-20(30(9)10)24(34)19(7)38-21)17(5)28(36)40-26(18(6)31)15(3)23(33)14(2)22(13)32/h13-21,23-27,31,33-35,37H,11-12H2,1-10H3/t13-,14+,15-,16+,17-,18?,19?,20?,21?,23-,24?,25+,26?,27-,29-/m1/s1. The Morgan fingerprint density at radius 2 is 1.55 bits per heavy atom. The second kappa shape index (κ2) is 13.9. The molecule has 2 aliphatic heterocycles. The molecule has 0 saturated carbocycles. The molecule has 0 spiro atoms. The molecular formula is C29H53NO10. The van der Waals surface area contributed by atoms with Gasteiger partial charge in [0.25, 0.3) is 0 Å². The van der Waals surface area contributed by atoms with Crippen LogP contribution < -0.4 is 0 Å². The molecule has 0 aliphatic carbocycles. The highest BCUT2D eigenvalue weighted by Crippen LogP contribution is 2.36. The van der Waals surface area contributed by atoms with E-state index in [2.05, 4.69) is 0 Å². The summed E-state index contributed by atoms with van der Waals surface area (Å²) in [4.78, 5) is 28.6. The molecule has 2 aliphatic rings. The van der Waals surface area contributed by atoms with E-state index in [1.54, 1.807) is 41.5 Å². The molecule has 2 rings (SSSR count). The monoisotopic (exact) mass is 575 g/mol. The Hall–Kier alpha value is -1.18. The summed E-state index contributed by atoms with van der Waals surface area (Å²) in [7, 11) is 3.67. The number of nitrogens with zero attached hydrogens (tertiary/aromatic N) is 1. The van der Waals surface area contributed by atoms with E-state index in [9.17, 15) is 35.1 Å². The Morgan fingerprint density at radius 3 is 2.08 bits per heavy atom. The number of esters is 1. The van der Waals surface area contributed by atoms with Gasteiger partial charge in [0.05, 0.1) is 48.1 Å². The molecule has 0 bridgehead atoms. The lowest BCUT2D eigenvalue weighted by atomic mass is 9.75. The molecule has 0 aromatic heterocycles. The van der Waals surface area contributed by atoms with Crippen LogP contribution in [0, 0.1) is 29.6 Å². The number of ether oxygens (including phenoxy) is 3. The van der Waals surface area contributed by atoms with Gasteiger partial charge in [-0.25, -0.2) is 0 Å². The fourth-order valence-corrected chi connectivity index (χ4v) is 6.38. The van der Waals surface area contributed by atoms with Gasteiger partial charge in [-0.1, -0.05) is 27.7 Å². The molecule has 40 heavy (non-hydrogen) atoms. The third kappa shape index (κ3) is 7.80. The molecule has 11 heteroatoms. The minimum atomic E-state index is -1.73. The van der Waals surface area contributed by atoms with E-state index >= 15 is 0 Å². The first-order valence-electron chi connectivity index (χ1n) is 14.5. The maximum atomic E-state index is 13.5. The van der Waals surface area contributed by atoms with Gasteiger partial charge in [-0.05, 0) is 48.2 Å². The van der Waals surface area contributed by atoms with Crippen molar-refractivity contribution in [3.05, 3.63) is 0 Å². The molecular weight excluding hydrogens is 522 g/mol. The van der Waals surface area contributed by atoms with Crippen LogP contribution in [-0.2, 0) is 23.8 Å². The van der Waals surface area contributed by atoms with Crippen molar-refractivity contribution in [1.82, 2.24) is 4.90 Å². The third-order valence-electron chi connectivity index (χ3n) is 9.12. The van der Waals surface area contributed by atoms with Crippen molar-refractivity contribution in [3.8, 4) is 0 Å². The van der Waals surface area contributed by atoms with Gasteiger partial charge in [-0.2, -0.15) is 0 Å². The van der Waals surface area contributed by atoms with E-state index in [-0.39, 0.29) is 18.2 Å². The molecule has 5 N–H and O–H groups in total. The Kier molecular flexibility index (Phi) is 12.1. The molecule has 0 aromatic carbocycles. The Bertz CT molecular complexity index is 851. The second-order valence-corrected chi connectivity index (χ2v) is 12.9. The van der Waals surface area contributed by atoms with Crippen molar-refractivity contribution in [1.29, 1.82) is 0 Å². The molecule has 2 heterocycles. The van der Waals surface area contributed by atoms with Gasteiger partial charge < -0.3 is 44.6 Å². The van der Waals surface area contributed by atoms with Crippen molar-refractivity contribution in [2.75, 3.05) is 14.1 Å². The number of likely N-dealkylation sites (N-methyl/N-ethyl adjacent to an activating group) is 1. The van der Waals surface area contributed by atoms with E-state index in [1.807, 2.05) is 19.0 Å². The quantitative estimate of drug-likeness (QED) is 0.300. The number of ketones is 1. The summed E-state index contributed by atoms with van der Waals surface area (Å²) < 4.78 is 18.0. The first-order chi connectivity index (χ1) is 18.3. The van der Waals surface area contributed by atoms with Crippen molar-refractivity contribution < 1.29 is 49.3 Å². The van der Waals surface area contributed by atoms with Gasteiger partial charge in [0.15, 0.2) is 6.29 Å². The number of carbonyl (C=O) groups excluding carboxylic acids is 2. The van der Waals surface area contributed by atoms with Crippen LogP contribution in [0.2, 0.25) is 0 Å². The van der Waals surface area contributed by atoms with Crippen LogP contribution in [0.15, 0.2) is 0 Å². The molecule has 234 valence electrons. The van der Waals surface area contributed by atoms with Crippen LogP contribution in [0.4, 0.5) is 0 Å². The maximum absolute atomic E-state index is 13.5. The molecule has 0 radical (unpaired) electrons. The van der Waals surface area contributed by atoms with Gasteiger partial charge in [-0.3, -0.25) is 9.59 Å². The molecule has 6 unspecified atom stereocenters. The molecule has 15 atom stereocenters. The Morgan fingerprint density at radius 1 is 0.975 bits per heavy atom. The number of hydrogen-bond donors (Lipinski definition) is 5. The van der Waals surface area contributed by atoms with Crippen molar-refractivity contribution in [3.63, 3.8) is 0 Å². The summed E-state index contributed by atoms with van der Waals surface area (Å²) in [5.41, 5.74) is -1.73. The van der Waals surface area contributed by atoms with Crippen LogP contribution in [0.3, 0.4) is 0 Å². The van der Waals surface area contributed by atoms with Crippen molar-refractivity contribution >= 4 is 11.8 Å². The maximum Gasteiger partial charge on any atom is 0.311 e. The smallest absolute Gasteiger partial charge is 0.311 e. The summed E-state index contributed by atoms with van der Waals surface area (Å²) in [6.07, 6.45) is -7.84. The molecule has 0 aromatic rings. The second-order valence-electron chi connectivity index (χ2n) is 12.9. The minimum absolute atomic E-state index is 0.0833. The number of rotatable bonds is 4. The number of hydrogen-bond acceptors (Lipinski definition) is 11. The zero-order valence-corrected chi connectivity index (χ0v) is 25.7. The van der Waals surface area contributed by atoms with Crippen LogP contribution in [0.5, 0.6) is 0 Å². The highest BCUT2D eigenvalue weighted by atomic mass is 16.7. The van der Waals surface area contributed by atoms with Crippen LogP contribution in [0.1, 0.15) is 68.2 Å². The first kappa shape index (κ1) is 35.0. The zero-order chi connectivity index (χ0) is 30.9. The predicted octanol–water partition coefficient (Wildman–Crippen LogP) is 0.716. The van der Waals surface area contributed by atoms with Gasteiger partial charge >= 0.3 is 5.97 Å². The van der Waals surface area contributed by atoms with E-state index in [4.69, 9.17) is 14.2 Å². The van der Waals surface area contributed by atoms with Crippen LogP contribution >= 0.6 is 0 Å². The fraction of sp³-hybridized carbons (Fsp3) is 0.931. The van der Waals surface area contributed by atoms with Crippen molar-refractivity contribution in [2.24, 2.45) is 29.6 Å². The van der Waals surface area contributed by atoms with E-state index in [1.165, 1.54) is 13.8 Å². The van der Waals surface area contributed by atoms with Gasteiger partial charge in [0, 0.05) is 36.1 Å². The lowest BCUT2D eigenvalue weighted by molar-refractivity contribution is -0.268. The highest BCUT2D eigenvalue weighted by Gasteiger charge is 2.48. The third-order valence-corrected chi connectivity index (χ3v) is 9.12. The molecule has 0 amide bonds. The lowest BCUT2D eigenvalue weighted by Crippen LogP contribution is -2.56. The van der Waals surface area contributed by atoms with Crippen molar-refractivity contribution in [2.45, 2.75) is 129 Å². The number of carbonyl (C=O) groups is 2. The lowest BCUT2D eigenvalue weighted by Gasteiger charge is -2.45. The average Bonchev–Trinajstić information content (AvgIpc) is 2.87. The summed E-state index contributed by atoms with van der Waals surface area (Å²) in [5.74, 6) is -5.19. The largest absolute Gasteiger partial charge is 0.459 e. The minimum Gasteiger partial charge on any atom is -0.459 e. The first-order valence-corrected chi connectivity index (χ1v) is 14.5. The van der Waals surface area contributed by atoms with Gasteiger partial charge in [-0.15, -0.1) is 0 Å². The van der Waals surface area contributed by atoms with E-state index in [0.717, 1.165) is 0 Å². The summed E-state index contributed by atoms with van der Waals surface area (Å²) >= 11 is 0. The normalized spacial score (nSPS) is 47.5. The average molecular weight is 576 g/mol. The summed E-state index contributed by atoms with van der Waals surface area (Å²) in [5, 5.41) is 54.8. The van der Waals surface area contributed by atoms with Gasteiger partial charge in [0.1, 0.15) is 11.9 Å². The summed E-state index contributed by atoms with van der Waals surface area (Å²) in [6.45, 7) is 12.7. The topological polar surface area (TPSA) is 166 Å². The molecule has 2 fully saturated rings. The fourth-order valence-electron chi connectivity index (χ4n) is 6.38. The Labute approximate surface area is 238 Å². The predicted molar refractivity (Wildman–Crippen MR) is 147 cm³/mol. The van der Waals surface area contributed by atoms with Crippen LogP contribution in [-0.4, -0.2) is 117 Å². The molecule has 11 nitrogen and oxygen atoms in total. The van der Waals surface area contributed by atoms with E-state index < -0.39 is 90.2 Å².